The Morgan fingerprint density at radius 3 is 2.23 bits per heavy atom. The highest BCUT2D eigenvalue weighted by molar-refractivity contribution is 6.02. The number of piperazine rings is 1. The average molecular weight is 537 g/mol. The van der Waals surface area contributed by atoms with Crippen LogP contribution in [-0.4, -0.2) is 72.0 Å². The summed E-state index contributed by atoms with van der Waals surface area (Å²) in [6, 6.07) is 17.4. The van der Waals surface area contributed by atoms with E-state index < -0.39 is 17.4 Å². The maximum atomic E-state index is 13.6. The SMILES string of the molecule is CCCCC(CN(O)C=O)C(=O)NC(C(=O)c1ccc(N2CCN(Cc3ccccc3)CC2)cc1)C(C)(C)C. The first-order valence-corrected chi connectivity index (χ1v) is 14.0. The molecule has 1 aliphatic rings. The van der Waals surface area contributed by atoms with E-state index in [0.29, 0.717) is 23.5 Å². The van der Waals surface area contributed by atoms with Gasteiger partial charge in [-0.15, -0.1) is 0 Å². The highest BCUT2D eigenvalue weighted by Crippen LogP contribution is 2.26. The summed E-state index contributed by atoms with van der Waals surface area (Å²) in [5.74, 6) is -1.08. The maximum Gasteiger partial charge on any atom is 0.233 e. The summed E-state index contributed by atoms with van der Waals surface area (Å²) in [5.41, 5.74) is 2.42. The molecule has 2 amide bonds. The fourth-order valence-corrected chi connectivity index (χ4v) is 4.97. The van der Waals surface area contributed by atoms with E-state index in [-0.39, 0.29) is 18.2 Å². The molecule has 8 nitrogen and oxygen atoms in total. The first-order chi connectivity index (χ1) is 18.6. The fourth-order valence-electron chi connectivity index (χ4n) is 4.97. The number of ketones is 1. The molecule has 1 heterocycles. The van der Waals surface area contributed by atoms with Crippen molar-refractivity contribution in [2.45, 2.75) is 59.5 Å². The number of rotatable bonds is 13. The first-order valence-electron chi connectivity index (χ1n) is 14.0. The zero-order valence-corrected chi connectivity index (χ0v) is 23.8. The van der Waals surface area contributed by atoms with Gasteiger partial charge in [-0.25, -0.2) is 5.06 Å². The number of hydrogen-bond donors (Lipinski definition) is 2. The van der Waals surface area contributed by atoms with Gasteiger partial charge in [0.2, 0.25) is 12.3 Å². The first kappa shape index (κ1) is 30.3. The van der Waals surface area contributed by atoms with Crippen molar-refractivity contribution in [3.63, 3.8) is 0 Å². The van der Waals surface area contributed by atoms with Gasteiger partial charge in [-0.3, -0.25) is 24.5 Å². The molecular weight excluding hydrogens is 492 g/mol. The van der Waals surface area contributed by atoms with Gasteiger partial charge in [-0.1, -0.05) is 70.9 Å². The largest absolute Gasteiger partial charge is 0.369 e. The molecule has 0 spiro atoms. The molecule has 2 atom stereocenters. The Bertz CT molecular complexity index is 1060. The van der Waals surface area contributed by atoms with E-state index in [1.807, 2.05) is 58.0 Å². The zero-order valence-electron chi connectivity index (χ0n) is 23.8. The Balaban J connectivity index is 1.64. The van der Waals surface area contributed by atoms with Crippen LogP contribution >= 0.6 is 0 Å². The summed E-state index contributed by atoms with van der Waals surface area (Å²) < 4.78 is 0. The lowest BCUT2D eigenvalue weighted by molar-refractivity contribution is -0.154. The lowest BCUT2D eigenvalue weighted by atomic mass is 9.81. The van der Waals surface area contributed by atoms with Gasteiger partial charge in [0.1, 0.15) is 0 Å². The van der Waals surface area contributed by atoms with Gasteiger partial charge in [-0.05, 0) is 41.7 Å². The highest BCUT2D eigenvalue weighted by Gasteiger charge is 2.35. The Hall–Kier alpha value is -3.23. The summed E-state index contributed by atoms with van der Waals surface area (Å²) in [6.45, 7) is 12.4. The van der Waals surface area contributed by atoms with Gasteiger partial charge in [0.05, 0.1) is 18.5 Å². The normalized spacial score (nSPS) is 15.9. The van der Waals surface area contributed by atoms with Crippen LogP contribution < -0.4 is 10.2 Å². The van der Waals surface area contributed by atoms with Crippen molar-refractivity contribution in [1.29, 1.82) is 0 Å². The second-order valence-electron chi connectivity index (χ2n) is 11.5. The standard InChI is InChI=1S/C31H44N4O4/c1-5-6-12-26(22-35(39)23-36)30(38)32-29(31(2,3)4)28(37)25-13-15-27(16-14-25)34-19-17-33(18-20-34)21-24-10-8-7-9-11-24/h7-11,13-16,23,26,29,39H,5-6,12,17-22H2,1-4H3,(H,32,38). The van der Waals surface area contributed by atoms with E-state index >= 15 is 0 Å². The molecule has 0 aliphatic carbocycles. The molecule has 1 saturated heterocycles. The number of carbonyl (C=O) groups is 3. The zero-order chi connectivity index (χ0) is 28.4. The number of nitrogens with zero attached hydrogens (tertiary/aromatic N) is 3. The van der Waals surface area contributed by atoms with Crippen molar-refractivity contribution in [1.82, 2.24) is 15.3 Å². The Morgan fingerprint density at radius 1 is 1.03 bits per heavy atom. The van der Waals surface area contributed by atoms with Gasteiger partial charge in [0.25, 0.3) is 0 Å². The molecule has 2 N–H and O–H groups in total. The summed E-state index contributed by atoms with van der Waals surface area (Å²) >= 11 is 0. The molecular formula is C31H44N4O4. The van der Waals surface area contributed by atoms with Crippen molar-refractivity contribution >= 4 is 23.8 Å². The van der Waals surface area contributed by atoms with Gasteiger partial charge < -0.3 is 10.2 Å². The van der Waals surface area contributed by atoms with Crippen LogP contribution in [0, 0.1) is 11.3 Å². The average Bonchev–Trinajstić information content (AvgIpc) is 2.93. The van der Waals surface area contributed by atoms with E-state index in [2.05, 4.69) is 39.4 Å². The Kier molecular flexibility index (Phi) is 11.1. The molecule has 39 heavy (non-hydrogen) atoms. The molecule has 2 aromatic rings. The van der Waals surface area contributed by atoms with Crippen LogP contribution in [0.4, 0.5) is 5.69 Å². The predicted molar refractivity (Wildman–Crippen MR) is 154 cm³/mol. The topological polar surface area (TPSA) is 93.2 Å². The Morgan fingerprint density at radius 2 is 1.67 bits per heavy atom. The van der Waals surface area contributed by atoms with Crippen LogP contribution in [0.3, 0.4) is 0 Å². The monoisotopic (exact) mass is 536 g/mol. The van der Waals surface area contributed by atoms with E-state index in [0.717, 1.165) is 51.3 Å². The number of hydrogen-bond acceptors (Lipinski definition) is 6. The molecule has 212 valence electrons. The molecule has 8 heteroatoms. The fraction of sp³-hybridized carbons (Fsp3) is 0.516. The molecule has 1 fully saturated rings. The van der Waals surface area contributed by atoms with Gasteiger partial charge in [0.15, 0.2) is 5.78 Å². The number of carbonyl (C=O) groups excluding carboxylic acids is 3. The smallest absolute Gasteiger partial charge is 0.233 e. The predicted octanol–water partition coefficient (Wildman–Crippen LogP) is 4.38. The van der Waals surface area contributed by atoms with Crippen molar-refractivity contribution in [2.24, 2.45) is 11.3 Å². The highest BCUT2D eigenvalue weighted by atomic mass is 16.5. The van der Waals surface area contributed by atoms with E-state index in [4.69, 9.17) is 0 Å². The van der Waals surface area contributed by atoms with Crippen LogP contribution in [0.5, 0.6) is 0 Å². The van der Waals surface area contributed by atoms with E-state index in [1.165, 1.54) is 5.56 Å². The minimum Gasteiger partial charge on any atom is -0.369 e. The van der Waals surface area contributed by atoms with Gasteiger partial charge in [0, 0.05) is 44.0 Å². The van der Waals surface area contributed by atoms with Crippen molar-refractivity contribution < 1.29 is 19.6 Å². The van der Waals surface area contributed by atoms with Gasteiger partial charge in [-0.2, -0.15) is 0 Å². The number of nitrogens with one attached hydrogen (secondary N) is 1. The maximum absolute atomic E-state index is 13.6. The third kappa shape index (κ3) is 8.90. The van der Waals surface area contributed by atoms with Crippen LogP contribution in [0.25, 0.3) is 0 Å². The number of unbranched alkanes of at least 4 members (excludes halogenated alkanes) is 1. The quantitative estimate of drug-likeness (QED) is 0.171. The minimum atomic E-state index is -0.745. The molecule has 0 aromatic heterocycles. The summed E-state index contributed by atoms with van der Waals surface area (Å²) in [4.78, 5) is 42.5. The second-order valence-corrected chi connectivity index (χ2v) is 11.5. The summed E-state index contributed by atoms with van der Waals surface area (Å²) in [7, 11) is 0. The number of benzene rings is 2. The number of hydroxylamine groups is 2. The third-order valence-corrected chi connectivity index (χ3v) is 7.36. The molecule has 0 bridgehead atoms. The number of anilines is 1. The van der Waals surface area contributed by atoms with Crippen molar-refractivity contribution in [2.75, 3.05) is 37.6 Å². The lowest BCUT2D eigenvalue weighted by Crippen LogP contribution is -2.52. The molecule has 2 unspecified atom stereocenters. The summed E-state index contributed by atoms with van der Waals surface area (Å²) in [5, 5.41) is 13.1. The second kappa shape index (κ2) is 14.2. The van der Waals surface area contributed by atoms with Crippen molar-refractivity contribution in [3.8, 4) is 0 Å². The summed E-state index contributed by atoms with van der Waals surface area (Å²) in [6.07, 6.45) is 2.47. The number of Topliss-reactive ketones (excluding diaryl/α,β-unsaturated/α-hetero) is 1. The van der Waals surface area contributed by atoms with Crippen LogP contribution in [-0.2, 0) is 16.1 Å². The molecule has 0 radical (unpaired) electrons. The van der Waals surface area contributed by atoms with Gasteiger partial charge >= 0.3 is 0 Å². The molecule has 1 aliphatic heterocycles. The minimum absolute atomic E-state index is 0.103. The van der Waals surface area contributed by atoms with Crippen molar-refractivity contribution in [3.05, 3.63) is 65.7 Å². The molecule has 3 rings (SSSR count). The van der Waals surface area contributed by atoms with Crippen LogP contribution in [0.1, 0.15) is 62.9 Å². The van der Waals surface area contributed by atoms with E-state index in [1.54, 1.807) is 0 Å². The Labute approximate surface area is 232 Å². The number of amides is 2. The third-order valence-electron chi connectivity index (χ3n) is 7.36. The molecule has 0 saturated carbocycles. The van der Waals surface area contributed by atoms with Crippen LogP contribution in [0.2, 0.25) is 0 Å². The van der Waals surface area contributed by atoms with E-state index in [9.17, 15) is 19.6 Å². The lowest BCUT2D eigenvalue weighted by Gasteiger charge is -2.36. The molecule has 2 aromatic carbocycles. The van der Waals surface area contributed by atoms with Crippen LogP contribution in [0.15, 0.2) is 54.6 Å².